The minimum absolute atomic E-state index is 0. The van der Waals surface area contributed by atoms with Gasteiger partial charge >= 0.3 is 6.09 Å². The molecule has 0 aliphatic rings. The summed E-state index contributed by atoms with van der Waals surface area (Å²) < 4.78 is 6.89. The lowest BCUT2D eigenvalue weighted by molar-refractivity contribution is 0.0529. The highest BCUT2D eigenvalue weighted by atomic mass is 127. The van der Waals surface area contributed by atoms with E-state index in [-0.39, 0.29) is 24.0 Å². The Morgan fingerprint density at radius 1 is 1.21 bits per heavy atom. The van der Waals surface area contributed by atoms with Crippen LogP contribution in [-0.2, 0) is 11.3 Å². The molecule has 2 rings (SSSR count). The van der Waals surface area contributed by atoms with E-state index in [1.54, 1.807) is 24.1 Å². The van der Waals surface area contributed by atoms with Crippen molar-refractivity contribution in [2.75, 3.05) is 20.1 Å². The van der Waals surface area contributed by atoms with Crippen molar-refractivity contribution >= 4 is 36.0 Å². The number of aromatic nitrogens is 3. The molecular weight excluding hydrogens is 473 g/mol. The molecule has 2 aromatic heterocycles. The lowest BCUT2D eigenvalue weighted by atomic mass is 10.2. The molecule has 0 unspecified atom stereocenters. The quantitative estimate of drug-likeness (QED) is 0.242. The largest absolute Gasteiger partial charge is 0.444 e. The molecule has 0 saturated carbocycles. The van der Waals surface area contributed by atoms with E-state index >= 15 is 0 Å². The second-order valence-corrected chi connectivity index (χ2v) is 6.75. The van der Waals surface area contributed by atoms with Crippen LogP contribution in [0.2, 0.25) is 0 Å². The molecule has 0 aliphatic heterocycles. The van der Waals surface area contributed by atoms with Crippen LogP contribution in [0.1, 0.15) is 26.3 Å². The first-order valence-corrected chi connectivity index (χ1v) is 8.74. The van der Waals surface area contributed by atoms with E-state index in [0.717, 1.165) is 11.4 Å². The van der Waals surface area contributed by atoms with E-state index in [0.29, 0.717) is 25.6 Å². The molecule has 0 fully saturated rings. The summed E-state index contributed by atoms with van der Waals surface area (Å²) >= 11 is 0. The molecule has 154 valence electrons. The molecule has 1 amide bonds. The summed E-state index contributed by atoms with van der Waals surface area (Å²) in [6.07, 6.45) is 4.87. The molecule has 0 radical (unpaired) electrons. The lowest BCUT2D eigenvalue weighted by Crippen LogP contribution is -2.42. The van der Waals surface area contributed by atoms with Gasteiger partial charge in [-0.05, 0) is 44.5 Å². The van der Waals surface area contributed by atoms with Crippen molar-refractivity contribution in [3.8, 4) is 5.82 Å². The molecule has 0 atom stereocenters. The Hall–Kier alpha value is -2.37. The van der Waals surface area contributed by atoms with Crippen molar-refractivity contribution < 1.29 is 9.53 Å². The van der Waals surface area contributed by atoms with Gasteiger partial charge in [-0.25, -0.2) is 14.5 Å². The number of amides is 1. The van der Waals surface area contributed by atoms with Gasteiger partial charge in [0.05, 0.1) is 0 Å². The maximum Gasteiger partial charge on any atom is 0.407 e. The van der Waals surface area contributed by atoms with Crippen molar-refractivity contribution in [1.29, 1.82) is 0 Å². The van der Waals surface area contributed by atoms with E-state index in [4.69, 9.17) is 4.74 Å². The Bertz CT molecular complexity index is 758. The smallest absolute Gasteiger partial charge is 0.407 e. The van der Waals surface area contributed by atoms with Crippen LogP contribution in [0.25, 0.3) is 5.82 Å². The zero-order chi connectivity index (χ0) is 19.7. The van der Waals surface area contributed by atoms with Crippen molar-refractivity contribution in [2.24, 2.45) is 4.99 Å². The number of pyridine rings is 1. The number of alkyl carbamates (subject to hydrolysis) is 1. The van der Waals surface area contributed by atoms with Gasteiger partial charge in [0.25, 0.3) is 0 Å². The number of nitrogens with one attached hydrogen (secondary N) is 3. The van der Waals surface area contributed by atoms with E-state index in [2.05, 4.69) is 31.0 Å². The zero-order valence-electron chi connectivity index (χ0n) is 16.6. The van der Waals surface area contributed by atoms with E-state index in [1.807, 2.05) is 45.2 Å². The van der Waals surface area contributed by atoms with Crippen LogP contribution in [0.15, 0.2) is 41.8 Å². The molecule has 0 bridgehead atoms. The molecule has 0 saturated heterocycles. The van der Waals surface area contributed by atoms with E-state index in [1.165, 1.54) is 0 Å². The summed E-state index contributed by atoms with van der Waals surface area (Å²) in [5.41, 5.74) is 0.541. The predicted molar refractivity (Wildman–Crippen MR) is 119 cm³/mol. The summed E-state index contributed by atoms with van der Waals surface area (Å²) in [7, 11) is 1.69. The Morgan fingerprint density at radius 3 is 2.61 bits per heavy atom. The summed E-state index contributed by atoms with van der Waals surface area (Å²) in [4.78, 5) is 20.1. The summed E-state index contributed by atoms with van der Waals surface area (Å²) in [5.74, 6) is 1.39. The minimum atomic E-state index is -0.505. The summed E-state index contributed by atoms with van der Waals surface area (Å²) in [6.45, 7) is 7.01. The van der Waals surface area contributed by atoms with Crippen LogP contribution >= 0.6 is 24.0 Å². The molecule has 2 aromatic rings. The second-order valence-electron chi connectivity index (χ2n) is 6.75. The van der Waals surface area contributed by atoms with Crippen LogP contribution < -0.4 is 16.0 Å². The number of hydrogen-bond donors (Lipinski definition) is 3. The van der Waals surface area contributed by atoms with E-state index in [9.17, 15) is 4.79 Å². The molecule has 3 N–H and O–H groups in total. The third kappa shape index (κ3) is 8.55. The number of ether oxygens (including phenoxy) is 1. The molecule has 9 nitrogen and oxygen atoms in total. The predicted octanol–water partition coefficient (Wildman–Crippen LogP) is 2.07. The molecule has 10 heteroatoms. The number of carbonyl (C=O) groups excluding carboxylic acids is 1. The van der Waals surface area contributed by atoms with Gasteiger partial charge in [-0.15, -0.1) is 24.0 Å². The van der Waals surface area contributed by atoms with E-state index < -0.39 is 11.7 Å². The molecule has 0 aromatic carbocycles. The normalized spacial score (nSPS) is 11.4. The highest BCUT2D eigenvalue weighted by Gasteiger charge is 2.15. The van der Waals surface area contributed by atoms with Gasteiger partial charge in [0.15, 0.2) is 11.8 Å². The maximum atomic E-state index is 11.6. The number of rotatable bonds is 6. The van der Waals surface area contributed by atoms with Gasteiger partial charge in [-0.1, -0.05) is 0 Å². The first-order chi connectivity index (χ1) is 12.9. The topological polar surface area (TPSA) is 105 Å². The minimum Gasteiger partial charge on any atom is -0.444 e. The highest BCUT2D eigenvalue weighted by molar-refractivity contribution is 14.0. The first-order valence-electron chi connectivity index (χ1n) is 8.74. The van der Waals surface area contributed by atoms with Crippen LogP contribution in [-0.4, -0.2) is 52.6 Å². The Balaban J connectivity index is 0.00000392. The van der Waals surface area contributed by atoms with Crippen molar-refractivity contribution in [1.82, 2.24) is 30.7 Å². The number of nitrogens with zero attached hydrogens (tertiary/aromatic N) is 4. The third-order valence-electron chi connectivity index (χ3n) is 3.32. The number of hydrogen-bond acceptors (Lipinski definition) is 5. The number of halogens is 1. The highest BCUT2D eigenvalue weighted by Crippen LogP contribution is 2.06. The average Bonchev–Trinajstić information content (AvgIpc) is 3.14. The molecule has 0 aliphatic carbocycles. The van der Waals surface area contributed by atoms with Gasteiger partial charge in [0.1, 0.15) is 5.60 Å². The number of aliphatic imine (C=N–C) groups is 1. The summed E-state index contributed by atoms with van der Waals surface area (Å²) in [6, 6.07) is 5.73. The molecule has 28 heavy (non-hydrogen) atoms. The van der Waals surface area contributed by atoms with Crippen molar-refractivity contribution in [2.45, 2.75) is 32.9 Å². The molecule has 2 heterocycles. The fourth-order valence-corrected chi connectivity index (χ4v) is 2.17. The SMILES string of the molecule is CN=C(NCCNC(=O)OC(C)(C)C)NCc1ccnc(-n2cccn2)c1.I. The van der Waals surface area contributed by atoms with Crippen LogP contribution in [0.4, 0.5) is 4.79 Å². The Labute approximate surface area is 182 Å². The van der Waals surface area contributed by atoms with Gasteiger partial charge in [-0.2, -0.15) is 5.10 Å². The monoisotopic (exact) mass is 501 g/mol. The fraction of sp³-hybridized carbons (Fsp3) is 0.444. The average molecular weight is 501 g/mol. The van der Waals surface area contributed by atoms with Crippen LogP contribution in [0.3, 0.4) is 0 Å². The van der Waals surface area contributed by atoms with Crippen molar-refractivity contribution in [3.05, 3.63) is 42.4 Å². The van der Waals surface area contributed by atoms with Gasteiger partial charge < -0.3 is 20.7 Å². The third-order valence-corrected chi connectivity index (χ3v) is 3.32. The molecule has 0 spiro atoms. The van der Waals surface area contributed by atoms with Gasteiger partial charge in [-0.3, -0.25) is 4.99 Å². The lowest BCUT2D eigenvalue weighted by Gasteiger charge is -2.20. The summed E-state index contributed by atoms with van der Waals surface area (Å²) in [5, 5.41) is 13.2. The number of carbonyl (C=O) groups is 1. The standard InChI is InChI=1S/C18H27N7O2.HI/c1-18(2,3)27-17(26)22-10-9-21-16(19-4)23-13-14-6-8-20-15(12-14)25-11-5-7-24-25;/h5-8,11-12H,9-10,13H2,1-4H3,(H,22,26)(H2,19,21,23);1H. The Morgan fingerprint density at radius 2 is 1.96 bits per heavy atom. The maximum absolute atomic E-state index is 11.6. The van der Waals surface area contributed by atoms with Gasteiger partial charge in [0.2, 0.25) is 0 Å². The van der Waals surface area contributed by atoms with Crippen molar-refractivity contribution in [3.63, 3.8) is 0 Å². The second kappa shape index (κ2) is 11.5. The fourth-order valence-electron chi connectivity index (χ4n) is 2.17. The van der Waals surface area contributed by atoms with Gasteiger partial charge in [0, 0.05) is 45.3 Å². The van der Waals surface area contributed by atoms with Crippen LogP contribution in [0.5, 0.6) is 0 Å². The first kappa shape index (κ1) is 23.7. The Kier molecular flexibility index (Phi) is 9.69. The zero-order valence-corrected chi connectivity index (χ0v) is 18.9. The molecular formula is C18H28IN7O2. The van der Waals surface area contributed by atoms with Crippen LogP contribution in [0, 0.1) is 0 Å². The number of guanidine groups is 1.